The molecule has 0 aromatic heterocycles. The third kappa shape index (κ3) is 9.75. The lowest BCUT2D eigenvalue weighted by molar-refractivity contribution is -0.904. The molecule has 256 valence electrons. The number of aliphatic hydroxyl groups is 1. The quantitative estimate of drug-likeness (QED) is 0.109. The molecule has 0 aliphatic carbocycles. The maximum absolute atomic E-state index is 14.3. The van der Waals surface area contributed by atoms with E-state index in [1.165, 1.54) is 0 Å². The summed E-state index contributed by atoms with van der Waals surface area (Å²) in [6, 6.07) is 12.4. The molecule has 5 amide bonds. The van der Waals surface area contributed by atoms with Crippen molar-refractivity contribution in [1.29, 1.82) is 0 Å². The zero-order valence-corrected chi connectivity index (χ0v) is 28.6. The number of benzene rings is 2. The summed E-state index contributed by atoms with van der Waals surface area (Å²) >= 11 is 3.34. The highest BCUT2D eigenvalue weighted by Gasteiger charge is 2.60. The van der Waals surface area contributed by atoms with Gasteiger partial charge in [-0.3, -0.25) is 19.2 Å². The highest BCUT2D eigenvalue weighted by atomic mass is 79.9. The molecule has 0 spiro atoms. The van der Waals surface area contributed by atoms with Gasteiger partial charge >= 0.3 is 5.91 Å². The van der Waals surface area contributed by atoms with Crippen LogP contribution in [0.5, 0.6) is 5.75 Å². The second-order valence-corrected chi connectivity index (χ2v) is 13.4. The van der Waals surface area contributed by atoms with E-state index >= 15 is 0 Å². The maximum atomic E-state index is 14.3. The molecule has 1 aliphatic heterocycles. The van der Waals surface area contributed by atoms with Crippen LogP contribution in [-0.2, 0) is 30.4 Å². The van der Waals surface area contributed by atoms with Crippen molar-refractivity contribution in [2.45, 2.75) is 76.2 Å². The van der Waals surface area contributed by atoms with E-state index in [0.717, 1.165) is 17.6 Å². The number of carbonyl (C=O) groups is 5. The van der Waals surface area contributed by atoms with Gasteiger partial charge in [0, 0.05) is 30.4 Å². The zero-order chi connectivity index (χ0) is 34.8. The number of rotatable bonds is 16. The van der Waals surface area contributed by atoms with Crippen LogP contribution in [0, 0.1) is 0 Å². The van der Waals surface area contributed by atoms with Gasteiger partial charge in [-0.05, 0) is 57.0 Å². The highest BCUT2D eigenvalue weighted by molar-refractivity contribution is 9.09. The fraction of sp³-hybridized carbons (Fsp3) is 0.485. The smallest absolute Gasteiger partial charge is 0.345 e. The summed E-state index contributed by atoms with van der Waals surface area (Å²) in [5.41, 5.74) is 11.9. The Morgan fingerprint density at radius 1 is 1.02 bits per heavy atom. The number of hydrogen-bond donors (Lipinski definition) is 6. The van der Waals surface area contributed by atoms with E-state index in [0.29, 0.717) is 24.2 Å². The molecule has 1 aliphatic rings. The molecule has 1 unspecified atom stereocenters. The van der Waals surface area contributed by atoms with Gasteiger partial charge in [-0.25, -0.2) is 9.28 Å². The van der Waals surface area contributed by atoms with Crippen LogP contribution in [0.1, 0.15) is 45.6 Å². The number of anilines is 1. The number of carbonyl (C=O) groups excluding carboxylic acids is 5. The lowest BCUT2D eigenvalue weighted by atomic mass is 9.93. The summed E-state index contributed by atoms with van der Waals surface area (Å²) < 4.78 is 5.17. The maximum Gasteiger partial charge on any atom is 0.345 e. The van der Waals surface area contributed by atoms with Gasteiger partial charge < -0.3 is 37.3 Å². The fourth-order valence-corrected chi connectivity index (χ4v) is 6.32. The third-order valence-electron chi connectivity index (χ3n) is 8.40. The van der Waals surface area contributed by atoms with E-state index in [9.17, 15) is 29.1 Å². The van der Waals surface area contributed by atoms with Crippen molar-refractivity contribution in [3.8, 4) is 5.75 Å². The van der Waals surface area contributed by atoms with Crippen molar-refractivity contribution in [2.24, 2.45) is 11.5 Å². The second kappa shape index (κ2) is 16.7. The lowest BCUT2D eigenvalue weighted by Crippen LogP contribution is -2.72. The average molecular weight is 719 g/mol. The summed E-state index contributed by atoms with van der Waals surface area (Å²) in [5.74, 6) is -3.26. The van der Waals surface area contributed by atoms with E-state index in [1.807, 2.05) is 0 Å². The second-order valence-electron chi connectivity index (χ2n) is 12.6. The van der Waals surface area contributed by atoms with E-state index in [2.05, 4.69) is 31.9 Å². The molecule has 8 N–H and O–H groups in total. The minimum atomic E-state index is -1.77. The van der Waals surface area contributed by atoms with Crippen LogP contribution in [0.15, 0.2) is 54.6 Å². The molecule has 1 fully saturated rings. The molecular weight excluding hydrogens is 672 g/mol. The Labute approximate surface area is 283 Å². The summed E-state index contributed by atoms with van der Waals surface area (Å²) in [4.78, 5) is 65.2. The first kappa shape index (κ1) is 37.4. The van der Waals surface area contributed by atoms with Crippen LogP contribution in [0.2, 0.25) is 0 Å². The number of amides is 5. The molecule has 13 nitrogen and oxygen atoms in total. The molecule has 0 radical (unpaired) electrons. The largest absolute Gasteiger partial charge is 0.484 e. The van der Waals surface area contributed by atoms with E-state index in [-0.39, 0.29) is 17.4 Å². The van der Waals surface area contributed by atoms with Crippen molar-refractivity contribution in [2.75, 3.05) is 30.3 Å². The Bertz CT molecular complexity index is 1400. The van der Waals surface area contributed by atoms with Gasteiger partial charge in [0.2, 0.25) is 11.8 Å². The molecule has 3 rings (SSSR count). The zero-order valence-electron chi connectivity index (χ0n) is 27.0. The fourth-order valence-electron chi connectivity index (χ4n) is 6.12. The molecule has 5 atom stereocenters. The van der Waals surface area contributed by atoms with Crippen molar-refractivity contribution >= 4 is 51.2 Å². The van der Waals surface area contributed by atoms with Crippen molar-refractivity contribution in [1.82, 2.24) is 10.6 Å². The molecular formula is C33H46BrN6O7+. The molecule has 2 aromatic rings. The van der Waals surface area contributed by atoms with Crippen molar-refractivity contribution < 1.29 is 38.3 Å². The van der Waals surface area contributed by atoms with E-state index in [1.54, 1.807) is 75.4 Å². The lowest BCUT2D eigenvalue weighted by Gasteiger charge is -2.47. The molecule has 0 saturated carbocycles. The van der Waals surface area contributed by atoms with E-state index in [4.69, 9.17) is 16.2 Å². The standard InChI is InChI=1S/C33H45BrN6O7/c1-33(2,3)40(17-7-10-26(40)30(36)44)32(46)29(43)24(18-21-8-5-4-6-9-21)39-31(45)25(19-27(35)41)38-28(42)20-47-23-13-11-22(12-14-23)37-16-15-34/h4-6,8-9,11-14,24-26,29,37,43H,7,10,15-20H2,1-3H3,(H5-,35,36,38,39,41,42,44,45)/p+1/t24-,25-,26-,29-,40?/m0/s1. The van der Waals surface area contributed by atoms with Crippen LogP contribution >= 0.6 is 15.9 Å². The Morgan fingerprint density at radius 2 is 1.68 bits per heavy atom. The number of nitrogens with two attached hydrogens (primary N) is 2. The van der Waals surface area contributed by atoms with Gasteiger partial charge in [-0.2, -0.15) is 0 Å². The van der Waals surface area contributed by atoms with E-state index < -0.39 is 72.3 Å². The normalized spacial score (nSPS) is 19.6. The predicted molar refractivity (Wildman–Crippen MR) is 180 cm³/mol. The third-order valence-corrected chi connectivity index (χ3v) is 8.80. The van der Waals surface area contributed by atoms with Gasteiger partial charge in [0.15, 0.2) is 18.8 Å². The predicted octanol–water partition coefficient (Wildman–Crippen LogP) is 1.11. The Hall–Kier alpha value is -4.01. The Kier molecular flexibility index (Phi) is 13.3. The number of primary amides is 2. The summed E-state index contributed by atoms with van der Waals surface area (Å²) in [6.07, 6.45) is -1.34. The average Bonchev–Trinajstić information content (AvgIpc) is 3.49. The number of likely N-dealkylation sites (tertiary alicyclic amines) is 1. The number of hydrogen-bond acceptors (Lipinski definition) is 8. The first-order chi connectivity index (χ1) is 22.2. The number of halogens is 1. The molecule has 1 heterocycles. The minimum absolute atomic E-state index is 0.0334. The SMILES string of the molecule is CC(C)(C)[N+]1(C(=O)[C@@H](O)[C@H](Cc2ccccc2)NC(=O)[C@H](CC(N)=O)NC(=O)COc2ccc(NCCBr)cc2)CCC[C@H]1C(N)=O. The first-order valence-corrected chi connectivity index (χ1v) is 16.7. The van der Waals surface area contributed by atoms with Crippen LogP contribution in [0.3, 0.4) is 0 Å². The molecule has 47 heavy (non-hydrogen) atoms. The van der Waals surface area contributed by atoms with Gasteiger partial charge in [0.05, 0.1) is 24.5 Å². The summed E-state index contributed by atoms with van der Waals surface area (Å²) in [6.45, 7) is 5.98. The van der Waals surface area contributed by atoms with Crippen LogP contribution in [0.4, 0.5) is 5.69 Å². The minimum Gasteiger partial charge on any atom is -0.484 e. The van der Waals surface area contributed by atoms with Crippen LogP contribution < -0.4 is 32.2 Å². The number of nitrogens with zero attached hydrogens (tertiary/aromatic N) is 1. The van der Waals surface area contributed by atoms with Crippen molar-refractivity contribution in [3.05, 3.63) is 60.2 Å². The molecule has 14 heteroatoms. The Balaban J connectivity index is 1.81. The number of alkyl halides is 1. The monoisotopic (exact) mass is 717 g/mol. The van der Waals surface area contributed by atoms with Gasteiger partial charge in [-0.1, -0.05) is 46.3 Å². The number of nitrogens with one attached hydrogen (secondary N) is 3. The first-order valence-electron chi connectivity index (χ1n) is 15.5. The molecule has 1 saturated heterocycles. The number of ether oxygens (including phenoxy) is 1. The van der Waals surface area contributed by atoms with Gasteiger partial charge in [0.1, 0.15) is 11.8 Å². The molecule has 2 aromatic carbocycles. The number of aliphatic hydroxyl groups excluding tert-OH is 1. The number of quaternary nitrogens is 1. The van der Waals surface area contributed by atoms with Gasteiger partial charge in [0.25, 0.3) is 11.8 Å². The highest BCUT2D eigenvalue weighted by Crippen LogP contribution is 2.38. The van der Waals surface area contributed by atoms with Crippen LogP contribution in [0.25, 0.3) is 0 Å². The topological polar surface area (TPSA) is 203 Å². The van der Waals surface area contributed by atoms with Gasteiger partial charge in [-0.15, -0.1) is 0 Å². The Morgan fingerprint density at radius 3 is 2.26 bits per heavy atom. The van der Waals surface area contributed by atoms with Crippen LogP contribution in [-0.4, -0.2) is 93.9 Å². The molecule has 0 bridgehead atoms. The summed E-state index contributed by atoms with van der Waals surface area (Å²) in [5, 5.41) is 20.8. The van der Waals surface area contributed by atoms with Crippen molar-refractivity contribution in [3.63, 3.8) is 0 Å². The summed E-state index contributed by atoms with van der Waals surface area (Å²) in [7, 11) is 0.